The molecule has 0 unspecified atom stereocenters. The molecule has 0 radical (unpaired) electrons. The van der Waals surface area contributed by atoms with Crippen LogP contribution in [0.4, 0.5) is 15.8 Å². The predicted molar refractivity (Wildman–Crippen MR) is 77.7 cm³/mol. The summed E-state index contributed by atoms with van der Waals surface area (Å²) in [6, 6.07) is 4.53. The molecule has 0 fully saturated rings. The first-order valence-corrected chi connectivity index (χ1v) is 6.28. The van der Waals surface area contributed by atoms with Gasteiger partial charge < -0.3 is 11.1 Å². The van der Waals surface area contributed by atoms with E-state index in [2.05, 4.69) is 20.5 Å². The van der Waals surface area contributed by atoms with Crippen LogP contribution in [-0.4, -0.2) is 21.1 Å². The van der Waals surface area contributed by atoms with Crippen LogP contribution in [0.2, 0.25) is 5.02 Å². The minimum Gasteiger partial charge on any atom is -0.396 e. The number of nitrogens with one attached hydrogen (secondary N) is 2. The number of aromatic nitrogens is 3. The average Bonchev–Trinajstić information content (AvgIpc) is 2.94. The number of pyridine rings is 1. The second kappa shape index (κ2) is 5.02. The molecule has 0 aliphatic rings. The summed E-state index contributed by atoms with van der Waals surface area (Å²) in [5.74, 6) is -1.21. The fraction of sp³-hybridized carbons (Fsp3) is 0. The number of hydrogen-bond acceptors (Lipinski definition) is 4. The van der Waals surface area contributed by atoms with E-state index >= 15 is 0 Å². The van der Waals surface area contributed by atoms with Crippen molar-refractivity contribution in [3.63, 3.8) is 0 Å². The zero-order chi connectivity index (χ0) is 15.0. The van der Waals surface area contributed by atoms with Crippen LogP contribution in [0.3, 0.4) is 0 Å². The van der Waals surface area contributed by atoms with E-state index in [9.17, 15) is 9.18 Å². The number of carbonyl (C=O) groups excluding carboxylic acids is 1. The number of fused-ring (bicyclic) bond motifs is 1. The fourth-order valence-corrected chi connectivity index (χ4v) is 2.11. The first kappa shape index (κ1) is 13.3. The standard InChI is InChI=1S/C13H9ClFN5O/c14-12-6-4-18-20-9(6)1-2-10(12)19-13(21)11-3-8(16)7(15)5-17-11/h1-5H,(H2,16,17)(H,18,20)(H,19,21). The lowest BCUT2D eigenvalue weighted by Crippen LogP contribution is -2.14. The molecule has 2 heterocycles. The molecule has 4 N–H and O–H groups in total. The molecule has 1 amide bonds. The highest BCUT2D eigenvalue weighted by molar-refractivity contribution is 6.38. The van der Waals surface area contributed by atoms with Crippen molar-refractivity contribution < 1.29 is 9.18 Å². The Morgan fingerprint density at radius 3 is 2.95 bits per heavy atom. The Bertz CT molecular complexity index is 848. The summed E-state index contributed by atoms with van der Waals surface area (Å²) < 4.78 is 13.0. The number of aromatic amines is 1. The van der Waals surface area contributed by atoms with Gasteiger partial charge in [-0.15, -0.1) is 0 Å². The molecule has 0 aliphatic carbocycles. The van der Waals surface area contributed by atoms with E-state index in [0.29, 0.717) is 16.1 Å². The van der Waals surface area contributed by atoms with Gasteiger partial charge in [0.2, 0.25) is 0 Å². The summed E-state index contributed by atoms with van der Waals surface area (Å²) in [6.07, 6.45) is 2.45. The molecule has 1 aromatic carbocycles. The van der Waals surface area contributed by atoms with Gasteiger partial charge in [0.25, 0.3) is 5.91 Å². The van der Waals surface area contributed by atoms with Gasteiger partial charge in [-0.2, -0.15) is 5.10 Å². The highest BCUT2D eigenvalue weighted by atomic mass is 35.5. The number of H-pyrrole nitrogens is 1. The lowest BCUT2D eigenvalue weighted by atomic mass is 10.2. The Morgan fingerprint density at radius 1 is 1.38 bits per heavy atom. The molecule has 0 atom stereocenters. The molecule has 21 heavy (non-hydrogen) atoms. The Labute approximate surface area is 123 Å². The molecule has 0 spiro atoms. The minimum absolute atomic E-state index is 0.00254. The second-order valence-electron chi connectivity index (χ2n) is 4.30. The number of nitrogen functional groups attached to an aromatic ring is 1. The number of nitrogens with two attached hydrogens (primary N) is 1. The number of hydrogen-bond donors (Lipinski definition) is 3. The number of carbonyl (C=O) groups is 1. The molecule has 3 rings (SSSR count). The van der Waals surface area contributed by atoms with Crippen molar-refractivity contribution in [2.75, 3.05) is 11.1 Å². The number of halogens is 2. The smallest absolute Gasteiger partial charge is 0.274 e. The molecular formula is C13H9ClFN5O. The minimum atomic E-state index is -0.676. The first-order chi connectivity index (χ1) is 10.1. The second-order valence-corrected chi connectivity index (χ2v) is 4.68. The van der Waals surface area contributed by atoms with E-state index in [1.807, 2.05) is 0 Å². The van der Waals surface area contributed by atoms with Crippen LogP contribution >= 0.6 is 11.6 Å². The van der Waals surface area contributed by atoms with Crippen molar-refractivity contribution in [3.05, 3.63) is 47.1 Å². The summed E-state index contributed by atoms with van der Waals surface area (Å²) in [6.45, 7) is 0. The predicted octanol–water partition coefficient (Wildman–Crippen LogP) is 2.58. The first-order valence-electron chi connectivity index (χ1n) is 5.90. The number of anilines is 2. The van der Waals surface area contributed by atoms with Gasteiger partial charge in [0.15, 0.2) is 5.82 Å². The van der Waals surface area contributed by atoms with Gasteiger partial charge in [0, 0.05) is 5.39 Å². The molecule has 2 aromatic heterocycles. The van der Waals surface area contributed by atoms with E-state index < -0.39 is 11.7 Å². The van der Waals surface area contributed by atoms with Crippen molar-refractivity contribution >= 4 is 39.8 Å². The molecule has 6 nitrogen and oxygen atoms in total. The number of amides is 1. The summed E-state index contributed by atoms with van der Waals surface area (Å²) in [5.41, 5.74) is 6.41. The van der Waals surface area contributed by atoms with Gasteiger partial charge in [0.1, 0.15) is 5.69 Å². The third-order valence-corrected chi connectivity index (χ3v) is 3.33. The maximum absolute atomic E-state index is 13.0. The monoisotopic (exact) mass is 305 g/mol. The van der Waals surface area contributed by atoms with Crippen LogP contribution in [0.15, 0.2) is 30.6 Å². The molecule has 0 saturated carbocycles. The average molecular weight is 306 g/mol. The molecule has 3 aromatic rings. The highest BCUT2D eigenvalue weighted by Crippen LogP contribution is 2.30. The van der Waals surface area contributed by atoms with E-state index in [1.54, 1.807) is 18.3 Å². The van der Waals surface area contributed by atoms with E-state index in [-0.39, 0.29) is 11.4 Å². The molecule has 8 heteroatoms. The Hall–Kier alpha value is -2.67. The van der Waals surface area contributed by atoms with Gasteiger partial charge in [-0.3, -0.25) is 9.89 Å². The van der Waals surface area contributed by atoms with Crippen LogP contribution in [0, 0.1) is 5.82 Å². The topological polar surface area (TPSA) is 96.7 Å². The number of nitrogens with zero attached hydrogens (tertiary/aromatic N) is 2. The largest absolute Gasteiger partial charge is 0.396 e. The quantitative estimate of drug-likeness (QED) is 0.678. The third-order valence-electron chi connectivity index (χ3n) is 2.92. The lowest BCUT2D eigenvalue weighted by Gasteiger charge is -2.08. The zero-order valence-corrected chi connectivity index (χ0v) is 11.3. The van der Waals surface area contributed by atoms with Crippen molar-refractivity contribution in [1.82, 2.24) is 15.2 Å². The van der Waals surface area contributed by atoms with Gasteiger partial charge in [-0.05, 0) is 18.2 Å². The number of rotatable bonds is 2. The molecular weight excluding hydrogens is 297 g/mol. The highest BCUT2D eigenvalue weighted by Gasteiger charge is 2.13. The van der Waals surface area contributed by atoms with E-state index in [0.717, 1.165) is 17.8 Å². The summed E-state index contributed by atoms with van der Waals surface area (Å²) in [5, 5.41) is 10.3. The maximum atomic E-state index is 13.0. The van der Waals surface area contributed by atoms with Crippen molar-refractivity contribution in [3.8, 4) is 0 Å². The Balaban J connectivity index is 1.92. The van der Waals surface area contributed by atoms with Crippen molar-refractivity contribution in [2.24, 2.45) is 0 Å². The van der Waals surface area contributed by atoms with Gasteiger partial charge in [0.05, 0.1) is 34.3 Å². The molecule has 106 valence electrons. The number of benzene rings is 1. The van der Waals surface area contributed by atoms with Gasteiger partial charge in [-0.25, -0.2) is 9.37 Å². The fourth-order valence-electron chi connectivity index (χ4n) is 1.84. The normalized spacial score (nSPS) is 10.8. The van der Waals surface area contributed by atoms with E-state index in [1.165, 1.54) is 0 Å². The molecule has 0 aliphatic heterocycles. The maximum Gasteiger partial charge on any atom is 0.274 e. The van der Waals surface area contributed by atoms with Gasteiger partial charge in [-0.1, -0.05) is 11.6 Å². The molecule has 0 bridgehead atoms. The van der Waals surface area contributed by atoms with Crippen LogP contribution in [-0.2, 0) is 0 Å². The lowest BCUT2D eigenvalue weighted by molar-refractivity contribution is 0.102. The summed E-state index contributed by atoms with van der Waals surface area (Å²) >= 11 is 6.19. The Kier molecular flexibility index (Phi) is 3.19. The van der Waals surface area contributed by atoms with Crippen LogP contribution in [0.5, 0.6) is 0 Å². The van der Waals surface area contributed by atoms with Crippen LogP contribution < -0.4 is 11.1 Å². The van der Waals surface area contributed by atoms with Crippen LogP contribution in [0.1, 0.15) is 10.5 Å². The van der Waals surface area contributed by atoms with E-state index in [4.69, 9.17) is 17.3 Å². The third kappa shape index (κ3) is 2.38. The SMILES string of the molecule is Nc1cc(C(=O)Nc2ccc3[nH]ncc3c2Cl)ncc1F. The Morgan fingerprint density at radius 2 is 2.19 bits per heavy atom. The molecule has 0 saturated heterocycles. The van der Waals surface area contributed by atoms with Crippen LogP contribution in [0.25, 0.3) is 10.9 Å². The summed E-state index contributed by atoms with van der Waals surface area (Å²) in [4.78, 5) is 15.8. The summed E-state index contributed by atoms with van der Waals surface area (Å²) in [7, 11) is 0. The van der Waals surface area contributed by atoms with Crippen molar-refractivity contribution in [2.45, 2.75) is 0 Å². The van der Waals surface area contributed by atoms with Gasteiger partial charge >= 0.3 is 0 Å². The zero-order valence-electron chi connectivity index (χ0n) is 10.5. The van der Waals surface area contributed by atoms with Crippen molar-refractivity contribution in [1.29, 1.82) is 0 Å².